The average Bonchev–Trinajstić information content (AvgIpc) is 2.91. The van der Waals surface area contributed by atoms with Gasteiger partial charge in [0.25, 0.3) is 0 Å². The summed E-state index contributed by atoms with van der Waals surface area (Å²) >= 11 is 0. The van der Waals surface area contributed by atoms with Crippen molar-refractivity contribution in [1.82, 2.24) is 19.2 Å². The van der Waals surface area contributed by atoms with Gasteiger partial charge in [-0.1, -0.05) is 6.07 Å². The van der Waals surface area contributed by atoms with Crippen molar-refractivity contribution < 1.29 is 9.90 Å². The fourth-order valence-electron chi connectivity index (χ4n) is 1.98. The minimum atomic E-state index is -1.01. The van der Waals surface area contributed by atoms with Gasteiger partial charge in [0.15, 0.2) is 5.69 Å². The van der Waals surface area contributed by atoms with Gasteiger partial charge in [0.2, 0.25) is 0 Å². The molecule has 0 atom stereocenters. The molecular weight excluding hydrogens is 232 g/mol. The maximum atomic E-state index is 11.4. The molecule has 3 rings (SSSR count). The van der Waals surface area contributed by atoms with E-state index in [0.717, 1.165) is 0 Å². The van der Waals surface area contributed by atoms with Crippen LogP contribution in [0, 0.1) is 0 Å². The van der Waals surface area contributed by atoms with E-state index in [4.69, 9.17) is 0 Å². The number of hydrogen-bond donors (Lipinski definition) is 1. The number of nitrogens with zero attached hydrogens (tertiary/aromatic N) is 4. The van der Waals surface area contributed by atoms with E-state index < -0.39 is 5.97 Å². The van der Waals surface area contributed by atoms with Crippen LogP contribution in [0.25, 0.3) is 17.0 Å². The highest BCUT2D eigenvalue weighted by Gasteiger charge is 2.21. The molecule has 3 aromatic heterocycles. The summed E-state index contributed by atoms with van der Waals surface area (Å²) in [5.41, 5.74) is 1.85. The lowest BCUT2D eigenvalue weighted by Crippen LogP contribution is -2.05. The first-order chi connectivity index (χ1) is 8.68. The Bertz CT molecular complexity index is 741. The molecule has 0 amide bonds. The van der Waals surface area contributed by atoms with Crippen LogP contribution >= 0.6 is 0 Å². The van der Waals surface area contributed by atoms with Gasteiger partial charge >= 0.3 is 5.97 Å². The second-order valence-electron chi connectivity index (χ2n) is 3.88. The first-order valence-electron chi connectivity index (χ1n) is 5.37. The maximum Gasteiger partial charge on any atom is 0.355 e. The van der Waals surface area contributed by atoms with Crippen LogP contribution in [0.1, 0.15) is 10.5 Å². The third kappa shape index (κ3) is 1.39. The Balaban J connectivity index is 2.39. The zero-order chi connectivity index (χ0) is 12.7. The molecule has 0 aliphatic rings. The lowest BCUT2D eigenvalue weighted by Gasteiger charge is -2.00. The van der Waals surface area contributed by atoms with Gasteiger partial charge in [0.1, 0.15) is 11.3 Å². The Morgan fingerprint density at radius 1 is 1.33 bits per heavy atom. The fourth-order valence-corrected chi connectivity index (χ4v) is 1.98. The zero-order valence-corrected chi connectivity index (χ0v) is 9.61. The normalized spacial score (nSPS) is 10.9. The van der Waals surface area contributed by atoms with E-state index in [2.05, 4.69) is 10.1 Å². The predicted molar refractivity (Wildman–Crippen MR) is 64.4 cm³/mol. The minimum Gasteiger partial charge on any atom is -0.476 e. The second-order valence-corrected chi connectivity index (χ2v) is 3.88. The minimum absolute atomic E-state index is 0.147. The van der Waals surface area contributed by atoms with Crippen molar-refractivity contribution in [3.8, 4) is 11.4 Å². The van der Waals surface area contributed by atoms with Crippen molar-refractivity contribution in [3.63, 3.8) is 0 Å². The van der Waals surface area contributed by atoms with Gasteiger partial charge in [-0.3, -0.25) is 9.08 Å². The van der Waals surface area contributed by atoms with Crippen molar-refractivity contribution in [2.24, 2.45) is 7.05 Å². The lowest BCUT2D eigenvalue weighted by atomic mass is 10.2. The molecule has 3 aromatic rings. The zero-order valence-electron chi connectivity index (χ0n) is 9.61. The van der Waals surface area contributed by atoms with Crippen LogP contribution in [0.3, 0.4) is 0 Å². The Morgan fingerprint density at radius 3 is 2.83 bits per heavy atom. The summed E-state index contributed by atoms with van der Waals surface area (Å²) in [6.07, 6.45) is 3.30. The van der Waals surface area contributed by atoms with E-state index in [9.17, 15) is 9.90 Å². The molecular formula is C12H10N4O2. The molecule has 0 unspecified atom stereocenters. The van der Waals surface area contributed by atoms with E-state index in [1.807, 2.05) is 6.07 Å². The Kier molecular flexibility index (Phi) is 2.16. The molecule has 18 heavy (non-hydrogen) atoms. The number of carbonyl (C=O) groups is 1. The Hall–Kier alpha value is -2.63. The van der Waals surface area contributed by atoms with Crippen molar-refractivity contribution in [2.45, 2.75) is 0 Å². The topological polar surface area (TPSA) is 72.4 Å². The van der Waals surface area contributed by atoms with Gasteiger partial charge in [-0.05, 0) is 18.2 Å². The first-order valence-corrected chi connectivity index (χ1v) is 5.37. The Labute approximate surface area is 102 Å². The molecule has 0 radical (unpaired) electrons. The van der Waals surface area contributed by atoms with E-state index in [0.29, 0.717) is 17.0 Å². The van der Waals surface area contributed by atoms with Crippen LogP contribution in [0.5, 0.6) is 0 Å². The van der Waals surface area contributed by atoms with Crippen molar-refractivity contribution in [1.29, 1.82) is 0 Å². The predicted octanol–water partition coefficient (Wildman–Crippen LogP) is 1.43. The molecule has 0 bridgehead atoms. The van der Waals surface area contributed by atoms with Gasteiger partial charge in [0.05, 0.1) is 5.69 Å². The summed E-state index contributed by atoms with van der Waals surface area (Å²) in [7, 11) is 1.75. The molecule has 3 heterocycles. The molecule has 0 saturated heterocycles. The fraction of sp³-hybridized carbons (Fsp3) is 0.0833. The van der Waals surface area contributed by atoms with E-state index >= 15 is 0 Å². The first kappa shape index (κ1) is 10.5. The summed E-state index contributed by atoms with van der Waals surface area (Å²) in [6.45, 7) is 0. The summed E-state index contributed by atoms with van der Waals surface area (Å²) in [6, 6.07) is 7.11. The van der Waals surface area contributed by atoms with Crippen LogP contribution in [-0.2, 0) is 7.05 Å². The quantitative estimate of drug-likeness (QED) is 0.737. The van der Waals surface area contributed by atoms with E-state index in [1.54, 1.807) is 46.7 Å². The number of aryl methyl sites for hydroxylation is 1. The molecule has 0 spiro atoms. The highest BCUT2D eigenvalue weighted by atomic mass is 16.4. The number of imidazole rings is 1. The smallest absolute Gasteiger partial charge is 0.355 e. The third-order valence-corrected chi connectivity index (χ3v) is 2.80. The van der Waals surface area contributed by atoms with Gasteiger partial charge in [-0.15, -0.1) is 0 Å². The second kappa shape index (κ2) is 3.69. The van der Waals surface area contributed by atoms with Crippen LogP contribution in [-0.4, -0.2) is 30.2 Å². The SMILES string of the molecule is Cn1nccc1-c1nc2ccccn2c1C(=O)O. The number of aromatic nitrogens is 4. The molecule has 90 valence electrons. The largest absolute Gasteiger partial charge is 0.476 e. The number of aromatic carboxylic acids is 1. The summed E-state index contributed by atoms with van der Waals surface area (Å²) in [5.74, 6) is -1.01. The highest BCUT2D eigenvalue weighted by molar-refractivity contribution is 5.94. The molecule has 0 aromatic carbocycles. The summed E-state index contributed by atoms with van der Waals surface area (Å²) in [5, 5.41) is 13.4. The molecule has 0 fully saturated rings. The maximum absolute atomic E-state index is 11.4. The van der Waals surface area contributed by atoms with Gasteiger partial charge in [-0.25, -0.2) is 9.78 Å². The third-order valence-electron chi connectivity index (χ3n) is 2.80. The summed E-state index contributed by atoms with van der Waals surface area (Å²) < 4.78 is 3.17. The van der Waals surface area contributed by atoms with Crippen LogP contribution in [0.15, 0.2) is 36.7 Å². The number of carboxylic acid groups (broad SMARTS) is 1. The molecule has 6 nitrogen and oxygen atoms in total. The highest BCUT2D eigenvalue weighted by Crippen LogP contribution is 2.23. The van der Waals surface area contributed by atoms with Crippen LogP contribution in [0.4, 0.5) is 0 Å². The van der Waals surface area contributed by atoms with Crippen molar-refractivity contribution in [2.75, 3.05) is 0 Å². The van der Waals surface area contributed by atoms with Crippen LogP contribution < -0.4 is 0 Å². The molecule has 6 heteroatoms. The van der Waals surface area contributed by atoms with Crippen molar-refractivity contribution in [3.05, 3.63) is 42.4 Å². The number of hydrogen-bond acceptors (Lipinski definition) is 3. The lowest BCUT2D eigenvalue weighted by molar-refractivity contribution is 0.0690. The van der Waals surface area contributed by atoms with Crippen LogP contribution in [0.2, 0.25) is 0 Å². The number of rotatable bonds is 2. The average molecular weight is 242 g/mol. The Morgan fingerprint density at radius 2 is 2.17 bits per heavy atom. The molecule has 0 aliphatic heterocycles. The summed E-state index contributed by atoms with van der Waals surface area (Å²) in [4.78, 5) is 15.8. The molecule has 0 saturated carbocycles. The number of fused-ring (bicyclic) bond motifs is 1. The monoisotopic (exact) mass is 242 g/mol. The van der Waals surface area contributed by atoms with Gasteiger partial charge in [0, 0.05) is 19.4 Å². The van der Waals surface area contributed by atoms with Crippen molar-refractivity contribution >= 4 is 11.6 Å². The number of pyridine rings is 1. The van der Waals surface area contributed by atoms with Gasteiger partial charge in [-0.2, -0.15) is 5.10 Å². The van der Waals surface area contributed by atoms with E-state index in [-0.39, 0.29) is 5.69 Å². The number of carboxylic acids is 1. The molecule has 1 N–H and O–H groups in total. The standard InChI is InChI=1S/C12H10N4O2/c1-15-8(5-6-13-15)10-11(12(17)18)16-7-3-2-4-9(16)14-10/h2-7H,1H3,(H,17,18). The van der Waals surface area contributed by atoms with Gasteiger partial charge < -0.3 is 5.11 Å². The van der Waals surface area contributed by atoms with E-state index in [1.165, 1.54) is 0 Å². The molecule has 0 aliphatic carbocycles.